The van der Waals surface area contributed by atoms with Gasteiger partial charge in [-0.15, -0.1) is 0 Å². The number of hydrogen-bond donors (Lipinski definition) is 1. The molecule has 0 saturated heterocycles. The SMILES string of the molecule is Cc1occc1-c1noc(C2C(C(=O)O)C2(C)C)n1. The maximum Gasteiger partial charge on any atom is 0.307 e. The largest absolute Gasteiger partial charge is 0.481 e. The number of rotatable bonds is 3. The molecule has 1 fully saturated rings. The zero-order valence-corrected chi connectivity index (χ0v) is 10.9. The molecule has 2 aromatic rings. The second kappa shape index (κ2) is 3.69. The smallest absolute Gasteiger partial charge is 0.307 e. The van der Waals surface area contributed by atoms with Gasteiger partial charge in [0.15, 0.2) is 0 Å². The topological polar surface area (TPSA) is 89.4 Å². The van der Waals surface area contributed by atoms with Crippen molar-refractivity contribution in [3.05, 3.63) is 24.0 Å². The molecule has 2 unspecified atom stereocenters. The summed E-state index contributed by atoms with van der Waals surface area (Å²) in [4.78, 5) is 15.4. The molecule has 2 heterocycles. The molecule has 1 N–H and O–H groups in total. The van der Waals surface area contributed by atoms with E-state index < -0.39 is 11.9 Å². The summed E-state index contributed by atoms with van der Waals surface area (Å²) in [5, 5.41) is 13.1. The fourth-order valence-corrected chi connectivity index (χ4v) is 2.65. The number of nitrogens with zero attached hydrogens (tertiary/aromatic N) is 2. The minimum Gasteiger partial charge on any atom is -0.481 e. The minimum absolute atomic E-state index is 0.224. The number of hydrogen-bond acceptors (Lipinski definition) is 5. The normalized spacial score (nSPS) is 24.4. The number of furan rings is 1. The summed E-state index contributed by atoms with van der Waals surface area (Å²) in [6.45, 7) is 5.60. The Morgan fingerprint density at radius 2 is 2.21 bits per heavy atom. The van der Waals surface area contributed by atoms with Crippen molar-refractivity contribution in [3.63, 3.8) is 0 Å². The van der Waals surface area contributed by atoms with Crippen molar-refractivity contribution in [2.75, 3.05) is 0 Å². The van der Waals surface area contributed by atoms with Gasteiger partial charge in [-0.1, -0.05) is 19.0 Å². The number of aliphatic carboxylic acids is 1. The molecule has 0 aliphatic heterocycles. The molecule has 3 rings (SSSR count). The molecule has 2 aromatic heterocycles. The Bertz CT molecular complexity index is 641. The van der Waals surface area contributed by atoms with Gasteiger partial charge >= 0.3 is 5.97 Å². The highest BCUT2D eigenvalue weighted by Crippen LogP contribution is 2.64. The van der Waals surface area contributed by atoms with E-state index in [-0.39, 0.29) is 11.3 Å². The summed E-state index contributed by atoms with van der Waals surface area (Å²) in [7, 11) is 0. The van der Waals surface area contributed by atoms with E-state index in [4.69, 9.17) is 14.0 Å². The van der Waals surface area contributed by atoms with Gasteiger partial charge in [0.05, 0.1) is 23.7 Å². The first-order valence-corrected chi connectivity index (χ1v) is 6.04. The Balaban J connectivity index is 1.92. The van der Waals surface area contributed by atoms with Gasteiger partial charge < -0.3 is 14.0 Å². The maximum atomic E-state index is 11.1. The van der Waals surface area contributed by atoms with Crippen LogP contribution in [0.5, 0.6) is 0 Å². The Kier molecular flexibility index (Phi) is 2.32. The average molecular weight is 262 g/mol. The molecule has 6 heteroatoms. The van der Waals surface area contributed by atoms with Crippen molar-refractivity contribution in [1.82, 2.24) is 10.1 Å². The van der Waals surface area contributed by atoms with Gasteiger partial charge in [0.1, 0.15) is 5.76 Å². The Morgan fingerprint density at radius 1 is 1.47 bits per heavy atom. The van der Waals surface area contributed by atoms with E-state index in [0.29, 0.717) is 17.5 Å². The fourth-order valence-electron chi connectivity index (χ4n) is 2.65. The van der Waals surface area contributed by atoms with Crippen molar-refractivity contribution >= 4 is 5.97 Å². The minimum atomic E-state index is -0.825. The molecule has 0 amide bonds. The molecule has 0 spiro atoms. The lowest BCUT2D eigenvalue weighted by molar-refractivity contribution is -0.139. The molecule has 100 valence electrons. The summed E-state index contributed by atoms with van der Waals surface area (Å²) in [5.41, 5.74) is 0.418. The van der Waals surface area contributed by atoms with Crippen molar-refractivity contribution in [3.8, 4) is 11.4 Å². The van der Waals surface area contributed by atoms with Crippen LogP contribution in [-0.4, -0.2) is 21.2 Å². The first-order chi connectivity index (χ1) is 8.93. The molecule has 6 nitrogen and oxygen atoms in total. The van der Waals surface area contributed by atoms with Crippen LogP contribution in [-0.2, 0) is 4.79 Å². The lowest BCUT2D eigenvalue weighted by atomic mass is 10.1. The number of aromatic nitrogens is 2. The predicted molar refractivity (Wildman–Crippen MR) is 64.4 cm³/mol. The summed E-state index contributed by atoms with van der Waals surface area (Å²) >= 11 is 0. The molecule has 0 bridgehead atoms. The van der Waals surface area contributed by atoms with Gasteiger partial charge in [-0.25, -0.2) is 0 Å². The molecule has 1 aliphatic rings. The summed E-state index contributed by atoms with van der Waals surface area (Å²) in [5.74, 6) is 0.0113. The monoisotopic (exact) mass is 262 g/mol. The van der Waals surface area contributed by atoms with Gasteiger partial charge in [0, 0.05) is 0 Å². The maximum absolute atomic E-state index is 11.1. The third-order valence-corrected chi connectivity index (χ3v) is 3.90. The van der Waals surface area contributed by atoms with Gasteiger partial charge in [-0.05, 0) is 18.4 Å². The standard InChI is InChI=1S/C13H14N2O4/c1-6-7(4-5-18-6)10-14-11(19-15-10)8-9(12(16)17)13(8,2)3/h4-5,8-9H,1-3H3,(H,16,17). The van der Waals surface area contributed by atoms with Gasteiger partial charge in [0.2, 0.25) is 11.7 Å². The molecule has 0 radical (unpaired) electrons. The molecule has 1 saturated carbocycles. The third-order valence-electron chi connectivity index (χ3n) is 3.90. The molecule has 0 aromatic carbocycles. The molecule has 2 atom stereocenters. The molecular weight excluding hydrogens is 248 g/mol. The number of carbonyl (C=O) groups is 1. The average Bonchev–Trinajstić information content (AvgIpc) is 2.75. The molecule has 1 aliphatic carbocycles. The fraction of sp³-hybridized carbons (Fsp3) is 0.462. The van der Waals surface area contributed by atoms with E-state index in [0.717, 1.165) is 5.56 Å². The van der Waals surface area contributed by atoms with Crippen LogP contribution in [0.25, 0.3) is 11.4 Å². The van der Waals surface area contributed by atoms with Crippen LogP contribution in [0.3, 0.4) is 0 Å². The van der Waals surface area contributed by atoms with Crippen molar-refractivity contribution in [1.29, 1.82) is 0 Å². The number of carboxylic acids is 1. The Hall–Kier alpha value is -2.11. The van der Waals surface area contributed by atoms with Crippen LogP contribution >= 0.6 is 0 Å². The second-order valence-electron chi connectivity index (χ2n) is 5.46. The van der Waals surface area contributed by atoms with Crippen LogP contribution in [0.2, 0.25) is 0 Å². The van der Waals surface area contributed by atoms with E-state index >= 15 is 0 Å². The highest BCUT2D eigenvalue weighted by Gasteiger charge is 2.65. The quantitative estimate of drug-likeness (QED) is 0.913. The van der Waals surface area contributed by atoms with E-state index in [1.54, 1.807) is 12.3 Å². The number of aryl methyl sites for hydroxylation is 1. The van der Waals surface area contributed by atoms with Gasteiger partial charge in [-0.3, -0.25) is 4.79 Å². The van der Waals surface area contributed by atoms with Crippen molar-refractivity contribution in [2.45, 2.75) is 26.7 Å². The molecular formula is C13H14N2O4. The van der Waals surface area contributed by atoms with Crippen LogP contribution in [0.4, 0.5) is 0 Å². The van der Waals surface area contributed by atoms with E-state index in [1.165, 1.54) is 0 Å². The lowest BCUT2D eigenvalue weighted by Gasteiger charge is -1.96. The van der Waals surface area contributed by atoms with Gasteiger partial charge in [-0.2, -0.15) is 4.98 Å². The summed E-state index contributed by atoms with van der Waals surface area (Å²) in [6, 6.07) is 1.76. The zero-order valence-electron chi connectivity index (χ0n) is 10.9. The van der Waals surface area contributed by atoms with Crippen LogP contribution in [0.15, 0.2) is 21.3 Å². The van der Waals surface area contributed by atoms with Crippen molar-refractivity contribution < 1.29 is 18.8 Å². The Morgan fingerprint density at radius 3 is 2.74 bits per heavy atom. The van der Waals surface area contributed by atoms with Crippen LogP contribution in [0.1, 0.15) is 31.4 Å². The summed E-state index contributed by atoms with van der Waals surface area (Å²) in [6.07, 6.45) is 1.56. The van der Waals surface area contributed by atoms with E-state index in [1.807, 2.05) is 20.8 Å². The van der Waals surface area contributed by atoms with Crippen molar-refractivity contribution in [2.24, 2.45) is 11.3 Å². The highest BCUT2D eigenvalue weighted by molar-refractivity contribution is 5.77. The summed E-state index contributed by atoms with van der Waals surface area (Å²) < 4.78 is 10.4. The van der Waals surface area contributed by atoms with Crippen LogP contribution in [0, 0.1) is 18.3 Å². The first-order valence-electron chi connectivity index (χ1n) is 6.04. The van der Waals surface area contributed by atoms with E-state index in [2.05, 4.69) is 10.1 Å². The first kappa shape index (κ1) is 12.0. The number of carboxylic acid groups (broad SMARTS) is 1. The van der Waals surface area contributed by atoms with Gasteiger partial charge in [0.25, 0.3) is 0 Å². The third kappa shape index (κ3) is 1.67. The second-order valence-corrected chi connectivity index (χ2v) is 5.46. The lowest BCUT2D eigenvalue weighted by Crippen LogP contribution is -2.03. The van der Waals surface area contributed by atoms with Crippen LogP contribution < -0.4 is 0 Å². The highest BCUT2D eigenvalue weighted by atomic mass is 16.5. The predicted octanol–water partition coefficient (Wildman–Crippen LogP) is 2.46. The molecule has 19 heavy (non-hydrogen) atoms. The zero-order chi connectivity index (χ0) is 13.8. The van der Waals surface area contributed by atoms with E-state index in [9.17, 15) is 4.79 Å². The Labute approximate surface area is 109 Å².